The minimum atomic E-state index is -0.914. The molecule has 2 aromatic rings. The molecule has 0 saturated carbocycles. The fourth-order valence-electron chi connectivity index (χ4n) is 3.30. The van der Waals surface area contributed by atoms with Crippen LogP contribution in [-0.4, -0.2) is 28.4 Å². The lowest BCUT2D eigenvalue weighted by Gasteiger charge is -2.32. The molecule has 3 rings (SSSR count). The zero-order chi connectivity index (χ0) is 17.3. The molecule has 1 amide bonds. The molecule has 0 fully saturated rings. The molecule has 1 aliphatic rings. The number of nitrogens with zero attached hydrogens (tertiary/aromatic N) is 1. The van der Waals surface area contributed by atoms with Gasteiger partial charge in [-0.05, 0) is 29.2 Å². The van der Waals surface area contributed by atoms with E-state index in [-0.39, 0.29) is 12.5 Å². The number of carbonyl (C=O) groups excluding carboxylic acids is 1. The van der Waals surface area contributed by atoms with Gasteiger partial charge in [-0.2, -0.15) is 0 Å². The Kier molecular flexibility index (Phi) is 4.42. The van der Waals surface area contributed by atoms with Crippen molar-refractivity contribution in [1.29, 1.82) is 0 Å². The highest BCUT2D eigenvalue weighted by molar-refractivity contribution is 5.93. The lowest BCUT2D eigenvalue weighted by Crippen LogP contribution is -2.40. The largest absolute Gasteiger partial charge is 0.481 e. The minimum Gasteiger partial charge on any atom is -0.481 e. The third-order valence-electron chi connectivity index (χ3n) is 4.59. The smallest absolute Gasteiger partial charge is 0.312 e. The van der Waals surface area contributed by atoms with Crippen molar-refractivity contribution < 1.29 is 19.1 Å². The van der Waals surface area contributed by atoms with Crippen molar-refractivity contribution in [2.45, 2.75) is 39.2 Å². The Morgan fingerprint density at radius 3 is 2.62 bits per heavy atom. The summed E-state index contributed by atoms with van der Waals surface area (Å²) < 4.78 is 5.71. The molecule has 0 aliphatic carbocycles. The molecule has 1 unspecified atom stereocenters. The molecule has 1 atom stereocenters. The molecule has 1 aromatic heterocycles. The number of carboxylic acid groups (broad SMARTS) is 1. The van der Waals surface area contributed by atoms with E-state index in [1.807, 2.05) is 38.1 Å². The van der Waals surface area contributed by atoms with E-state index < -0.39 is 11.9 Å². The van der Waals surface area contributed by atoms with Gasteiger partial charge in [0.05, 0.1) is 5.92 Å². The molecule has 24 heavy (non-hydrogen) atoms. The van der Waals surface area contributed by atoms with E-state index in [2.05, 4.69) is 0 Å². The molecular weight excluding hydrogens is 306 g/mol. The van der Waals surface area contributed by atoms with E-state index in [1.54, 1.807) is 11.0 Å². The van der Waals surface area contributed by atoms with Crippen LogP contribution in [0.25, 0.3) is 0 Å². The van der Waals surface area contributed by atoms with Gasteiger partial charge in [-0.15, -0.1) is 0 Å². The highest BCUT2D eigenvalue weighted by Crippen LogP contribution is 2.30. The standard InChI is InChI=1S/C19H21NO4/c1-3-12-9-17(24-16(12)4-2)18(21)20-10-13-7-5-6-8-14(13)15(11-20)19(22)23/h5-9,15H,3-4,10-11H2,1-2H3,(H,22,23). The van der Waals surface area contributed by atoms with Crippen LogP contribution in [0.2, 0.25) is 0 Å². The first-order valence-electron chi connectivity index (χ1n) is 8.26. The van der Waals surface area contributed by atoms with Crippen molar-refractivity contribution >= 4 is 11.9 Å². The van der Waals surface area contributed by atoms with Gasteiger partial charge >= 0.3 is 5.97 Å². The summed E-state index contributed by atoms with van der Waals surface area (Å²) in [7, 11) is 0. The number of carbonyl (C=O) groups is 2. The Hall–Kier alpha value is -2.56. The van der Waals surface area contributed by atoms with Crippen molar-refractivity contribution in [1.82, 2.24) is 4.90 Å². The maximum Gasteiger partial charge on any atom is 0.312 e. The molecule has 126 valence electrons. The second-order valence-electron chi connectivity index (χ2n) is 6.04. The number of amides is 1. The Morgan fingerprint density at radius 2 is 2.00 bits per heavy atom. The monoisotopic (exact) mass is 327 g/mol. The molecule has 0 saturated heterocycles. The number of carboxylic acids is 1. The van der Waals surface area contributed by atoms with Crippen molar-refractivity contribution in [3.63, 3.8) is 0 Å². The van der Waals surface area contributed by atoms with Crippen LogP contribution in [0.5, 0.6) is 0 Å². The van der Waals surface area contributed by atoms with Gasteiger partial charge in [-0.25, -0.2) is 0 Å². The van der Waals surface area contributed by atoms with E-state index in [9.17, 15) is 14.7 Å². The van der Waals surface area contributed by atoms with Gasteiger partial charge in [0, 0.05) is 19.5 Å². The lowest BCUT2D eigenvalue weighted by molar-refractivity contribution is -0.139. The van der Waals surface area contributed by atoms with Gasteiger partial charge in [-0.3, -0.25) is 9.59 Å². The molecule has 0 bridgehead atoms. The van der Waals surface area contributed by atoms with Crippen molar-refractivity contribution in [3.8, 4) is 0 Å². The summed E-state index contributed by atoms with van der Waals surface area (Å²) in [5.74, 6) is -0.738. The van der Waals surface area contributed by atoms with Crippen LogP contribution < -0.4 is 0 Å². The average Bonchev–Trinajstić information content (AvgIpc) is 3.03. The molecule has 1 N–H and O–H groups in total. The normalized spacial score (nSPS) is 16.8. The number of rotatable bonds is 4. The number of benzene rings is 1. The van der Waals surface area contributed by atoms with Gasteiger partial charge in [0.25, 0.3) is 5.91 Å². The first kappa shape index (κ1) is 16.3. The molecule has 5 nitrogen and oxygen atoms in total. The van der Waals surface area contributed by atoms with Crippen LogP contribution in [0.4, 0.5) is 0 Å². The second kappa shape index (κ2) is 6.51. The Balaban J connectivity index is 1.91. The van der Waals surface area contributed by atoms with E-state index in [1.165, 1.54) is 0 Å². The third-order valence-corrected chi connectivity index (χ3v) is 4.59. The quantitative estimate of drug-likeness (QED) is 0.936. The highest BCUT2D eigenvalue weighted by atomic mass is 16.4. The lowest BCUT2D eigenvalue weighted by atomic mass is 9.89. The van der Waals surface area contributed by atoms with E-state index >= 15 is 0 Å². The fourth-order valence-corrected chi connectivity index (χ4v) is 3.30. The van der Waals surface area contributed by atoms with Crippen LogP contribution in [0.1, 0.15) is 52.8 Å². The summed E-state index contributed by atoms with van der Waals surface area (Å²) in [4.78, 5) is 26.0. The SMILES string of the molecule is CCc1cc(C(=O)N2Cc3ccccc3C(C(=O)O)C2)oc1CC. The van der Waals surface area contributed by atoms with E-state index in [4.69, 9.17) is 4.42 Å². The number of aliphatic carboxylic acids is 1. The zero-order valence-corrected chi connectivity index (χ0v) is 13.9. The number of aryl methyl sites for hydroxylation is 2. The van der Waals surface area contributed by atoms with Crippen molar-refractivity contribution in [2.24, 2.45) is 0 Å². The Bertz CT molecular complexity index is 756. The molecule has 5 heteroatoms. The van der Waals surface area contributed by atoms with Crippen LogP contribution >= 0.6 is 0 Å². The van der Waals surface area contributed by atoms with Gasteiger partial charge in [0.15, 0.2) is 5.76 Å². The average molecular weight is 327 g/mol. The second-order valence-corrected chi connectivity index (χ2v) is 6.04. The first-order valence-corrected chi connectivity index (χ1v) is 8.26. The predicted octanol–water partition coefficient (Wildman–Crippen LogP) is 3.23. The number of hydrogen-bond acceptors (Lipinski definition) is 3. The Labute approximate surface area is 140 Å². The molecule has 1 aromatic carbocycles. The summed E-state index contributed by atoms with van der Waals surface area (Å²) in [6.45, 7) is 4.58. The third kappa shape index (κ3) is 2.82. The van der Waals surface area contributed by atoms with Crippen LogP contribution in [-0.2, 0) is 24.2 Å². The van der Waals surface area contributed by atoms with Crippen molar-refractivity contribution in [2.75, 3.05) is 6.54 Å². The summed E-state index contributed by atoms with van der Waals surface area (Å²) in [6.07, 6.45) is 1.54. The predicted molar refractivity (Wildman–Crippen MR) is 89.0 cm³/mol. The number of fused-ring (bicyclic) bond motifs is 1. The maximum absolute atomic E-state index is 12.8. The molecular formula is C19H21NO4. The number of furan rings is 1. The van der Waals surface area contributed by atoms with Gasteiger partial charge in [0.2, 0.25) is 0 Å². The van der Waals surface area contributed by atoms with Gasteiger partial charge in [0.1, 0.15) is 5.76 Å². The topological polar surface area (TPSA) is 70.8 Å². The fraction of sp³-hybridized carbons (Fsp3) is 0.368. The Morgan fingerprint density at radius 1 is 1.25 bits per heavy atom. The molecule has 0 radical (unpaired) electrons. The molecule has 1 aliphatic heterocycles. The summed E-state index contributed by atoms with van der Waals surface area (Å²) >= 11 is 0. The van der Waals surface area contributed by atoms with E-state index in [0.29, 0.717) is 12.3 Å². The summed E-state index contributed by atoms with van der Waals surface area (Å²) in [6, 6.07) is 9.19. The van der Waals surface area contributed by atoms with Gasteiger partial charge < -0.3 is 14.4 Å². The van der Waals surface area contributed by atoms with Crippen molar-refractivity contribution in [3.05, 3.63) is 58.5 Å². The molecule has 2 heterocycles. The summed E-state index contributed by atoms with van der Waals surface area (Å²) in [5, 5.41) is 9.52. The highest BCUT2D eigenvalue weighted by Gasteiger charge is 2.33. The van der Waals surface area contributed by atoms with Crippen LogP contribution in [0.15, 0.2) is 34.7 Å². The van der Waals surface area contributed by atoms with E-state index in [0.717, 1.165) is 35.3 Å². The number of hydrogen-bond donors (Lipinski definition) is 1. The zero-order valence-electron chi connectivity index (χ0n) is 13.9. The van der Waals surface area contributed by atoms with Gasteiger partial charge in [-0.1, -0.05) is 38.1 Å². The minimum absolute atomic E-state index is 0.162. The van der Waals surface area contributed by atoms with Crippen LogP contribution in [0.3, 0.4) is 0 Å². The first-order chi connectivity index (χ1) is 11.5. The van der Waals surface area contributed by atoms with Crippen LogP contribution in [0, 0.1) is 0 Å². The maximum atomic E-state index is 12.8. The molecule has 0 spiro atoms. The summed E-state index contributed by atoms with van der Waals surface area (Å²) in [5.41, 5.74) is 2.70.